The number of rotatable bonds is 20. The van der Waals surface area contributed by atoms with Crippen molar-refractivity contribution in [3.63, 3.8) is 0 Å². The van der Waals surface area contributed by atoms with Gasteiger partial charge in [-0.15, -0.1) is 0 Å². The lowest BCUT2D eigenvalue weighted by molar-refractivity contribution is -0.150. The van der Waals surface area contributed by atoms with Crippen molar-refractivity contribution < 1.29 is 47.7 Å². The monoisotopic (exact) mass is 646 g/mol. The molecule has 0 saturated heterocycles. The summed E-state index contributed by atoms with van der Waals surface area (Å²) in [5.41, 5.74) is 0.545. The van der Waals surface area contributed by atoms with Gasteiger partial charge in [-0.05, 0) is 87.9 Å². The highest BCUT2D eigenvalue weighted by molar-refractivity contribution is 5.87. The number of esters is 4. The fourth-order valence-electron chi connectivity index (χ4n) is 7.28. The van der Waals surface area contributed by atoms with Crippen LogP contribution in [0.15, 0.2) is 24.3 Å². The zero-order valence-corrected chi connectivity index (χ0v) is 27.3. The van der Waals surface area contributed by atoms with Crippen molar-refractivity contribution in [3.8, 4) is 0 Å². The van der Waals surface area contributed by atoms with Gasteiger partial charge < -0.3 is 29.6 Å². The van der Waals surface area contributed by atoms with Gasteiger partial charge >= 0.3 is 23.9 Å². The van der Waals surface area contributed by atoms with E-state index in [-0.39, 0.29) is 75.1 Å². The number of fused-ring (bicyclic) bond motifs is 5. The minimum atomic E-state index is -0.537. The molecule has 0 aromatic carbocycles. The second-order valence-corrected chi connectivity index (χ2v) is 12.9. The number of ether oxygens (including phenoxy) is 4. The van der Waals surface area contributed by atoms with Gasteiger partial charge in [-0.25, -0.2) is 9.59 Å². The molecule has 2 bridgehead atoms. The summed E-state index contributed by atoms with van der Waals surface area (Å²) in [5.74, 6) is 1.67. The zero-order valence-electron chi connectivity index (χ0n) is 27.3. The Kier molecular flexibility index (Phi) is 14.7. The van der Waals surface area contributed by atoms with Crippen molar-refractivity contribution in [2.75, 3.05) is 39.5 Å². The summed E-state index contributed by atoms with van der Waals surface area (Å²) >= 11 is 0. The number of hydrogen-bond acceptors (Lipinski definition) is 10. The van der Waals surface area contributed by atoms with Crippen molar-refractivity contribution in [1.82, 2.24) is 10.6 Å². The molecule has 0 heterocycles. The topological polar surface area (TPSA) is 163 Å². The molecule has 3 rings (SSSR count). The molecule has 46 heavy (non-hydrogen) atoms. The number of hydrogen-bond donors (Lipinski definition) is 2. The normalized spacial score (nSPS) is 24.0. The fourth-order valence-corrected chi connectivity index (χ4v) is 7.28. The van der Waals surface area contributed by atoms with Gasteiger partial charge in [0.2, 0.25) is 11.8 Å². The zero-order chi connectivity index (χ0) is 33.6. The van der Waals surface area contributed by atoms with Crippen LogP contribution in [0.3, 0.4) is 0 Å². The second kappa shape index (κ2) is 18.4. The van der Waals surface area contributed by atoms with E-state index in [1.807, 2.05) is 0 Å². The molecule has 0 radical (unpaired) electrons. The van der Waals surface area contributed by atoms with E-state index in [0.29, 0.717) is 36.8 Å². The van der Waals surface area contributed by atoms with Crippen LogP contribution in [-0.2, 0) is 47.7 Å². The molecule has 12 nitrogen and oxygen atoms in total. The van der Waals surface area contributed by atoms with E-state index in [1.165, 1.54) is 39.5 Å². The molecule has 0 aliphatic heterocycles. The molecule has 256 valence electrons. The number of amides is 2. The van der Waals surface area contributed by atoms with Crippen LogP contribution in [-0.4, -0.2) is 75.2 Å². The molecule has 6 atom stereocenters. The van der Waals surface area contributed by atoms with Gasteiger partial charge in [-0.1, -0.05) is 13.2 Å². The van der Waals surface area contributed by atoms with Crippen LogP contribution in [0.5, 0.6) is 0 Å². The van der Waals surface area contributed by atoms with E-state index >= 15 is 0 Å². The lowest BCUT2D eigenvalue weighted by atomic mass is 9.74. The van der Waals surface area contributed by atoms with E-state index in [2.05, 4.69) is 23.8 Å². The van der Waals surface area contributed by atoms with E-state index in [0.717, 1.165) is 24.7 Å². The van der Waals surface area contributed by atoms with Gasteiger partial charge in [0.25, 0.3) is 0 Å². The van der Waals surface area contributed by atoms with Crippen LogP contribution in [0, 0.1) is 35.5 Å². The second-order valence-electron chi connectivity index (χ2n) is 12.9. The van der Waals surface area contributed by atoms with Crippen LogP contribution in [0.4, 0.5) is 0 Å². The van der Waals surface area contributed by atoms with Crippen LogP contribution < -0.4 is 10.6 Å². The third-order valence-electron chi connectivity index (χ3n) is 9.38. The number of nitrogens with one attached hydrogen (secondary N) is 2. The molecule has 12 heteroatoms. The summed E-state index contributed by atoms with van der Waals surface area (Å²) in [6, 6.07) is 0. The number of carbonyl (C=O) groups excluding carboxylic acids is 6. The van der Waals surface area contributed by atoms with E-state index in [9.17, 15) is 28.8 Å². The third kappa shape index (κ3) is 11.9. The average Bonchev–Trinajstić information content (AvgIpc) is 3.71. The van der Waals surface area contributed by atoms with Crippen LogP contribution in [0.1, 0.15) is 78.1 Å². The maximum atomic E-state index is 12.2. The van der Waals surface area contributed by atoms with Gasteiger partial charge in [0, 0.05) is 37.1 Å². The summed E-state index contributed by atoms with van der Waals surface area (Å²) in [7, 11) is 0. The Balaban J connectivity index is 1.21. The summed E-state index contributed by atoms with van der Waals surface area (Å²) < 4.78 is 19.7. The van der Waals surface area contributed by atoms with Gasteiger partial charge in [-0.2, -0.15) is 0 Å². The Bertz CT molecular complexity index is 1150. The van der Waals surface area contributed by atoms with Crippen molar-refractivity contribution in [3.05, 3.63) is 24.3 Å². The smallest absolute Gasteiger partial charge is 0.333 e. The summed E-state index contributed by atoms with van der Waals surface area (Å²) in [4.78, 5) is 70.7. The summed E-state index contributed by atoms with van der Waals surface area (Å²) in [6.07, 6.45) is 6.81. The lowest BCUT2D eigenvalue weighted by Gasteiger charge is -2.31. The molecule has 0 spiro atoms. The Hall–Kier alpha value is -3.70. The molecule has 3 fully saturated rings. The summed E-state index contributed by atoms with van der Waals surface area (Å²) in [6.45, 7) is 11.0. The number of carbonyl (C=O) groups is 6. The Morgan fingerprint density at radius 1 is 0.587 bits per heavy atom. The van der Waals surface area contributed by atoms with E-state index < -0.39 is 23.9 Å². The largest absolute Gasteiger partial charge is 0.462 e. The first kappa shape index (κ1) is 36.8. The maximum absolute atomic E-state index is 12.2. The van der Waals surface area contributed by atoms with Crippen molar-refractivity contribution >= 4 is 35.7 Å². The summed E-state index contributed by atoms with van der Waals surface area (Å²) in [5, 5.41) is 5.88. The van der Waals surface area contributed by atoms with Gasteiger partial charge in [0.15, 0.2) is 0 Å². The van der Waals surface area contributed by atoms with Crippen LogP contribution in [0.25, 0.3) is 0 Å². The standard InChI is InChI=1S/C34H50N2O10/c1-21(2)33(41)45-15-13-43-31(39)7-5-29(37)35-11-9-23-17-26-25-19-24(27(20-25)28(26)18-23)10-12-36-30(38)6-8-32(40)44-14-16-46-34(42)22(3)4/h23-28H,1,3,5-20H2,2,4H3,(H,35,37)(H,36,38). The molecule has 6 unspecified atom stereocenters. The molecule has 2 N–H and O–H groups in total. The van der Waals surface area contributed by atoms with Crippen LogP contribution >= 0.6 is 0 Å². The highest BCUT2D eigenvalue weighted by Gasteiger charge is 2.55. The highest BCUT2D eigenvalue weighted by atomic mass is 16.6. The predicted molar refractivity (Wildman–Crippen MR) is 167 cm³/mol. The minimum Gasteiger partial charge on any atom is -0.462 e. The first-order valence-corrected chi connectivity index (χ1v) is 16.4. The Morgan fingerprint density at radius 2 is 1.07 bits per heavy atom. The Morgan fingerprint density at radius 3 is 1.59 bits per heavy atom. The minimum absolute atomic E-state index is 0.0249. The highest BCUT2D eigenvalue weighted by Crippen LogP contribution is 2.63. The maximum Gasteiger partial charge on any atom is 0.333 e. The molecular formula is C34H50N2O10. The fraction of sp³-hybridized carbons (Fsp3) is 0.706. The SMILES string of the molecule is C=C(C)C(=O)OCCOC(=O)CCC(=O)NCCC1CC2C3CC(CCNC(=O)CCC(=O)OCCOC(=O)C(=C)C)C(C3)C2C1. The van der Waals surface area contributed by atoms with E-state index in [1.54, 1.807) is 0 Å². The molecule has 3 aliphatic rings. The average molecular weight is 647 g/mol. The third-order valence-corrected chi connectivity index (χ3v) is 9.38. The first-order chi connectivity index (χ1) is 21.9. The lowest BCUT2D eigenvalue weighted by Crippen LogP contribution is -2.30. The predicted octanol–water partition coefficient (Wildman–Crippen LogP) is 3.18. The van der Waals surface area contributed by atoms with E-state index in [4.69, 9.17) is 18.9 Å². The van der Waals surface area contributed by atoms with Gasteiger partial charge in [-0.3, -0.25) is 19.2 Å². The van der Waals surface area contributed by atoms with Crippen molar-refractivity contribution in [2.45, 2.75) is 78.1 Å². The molecular weight excluding hydrogens is 596 g/mol. The van der Waals surface area contributed by atoms with Gasteiger partial charge in [0.05, 0.1) is 12.8 Å². The van der Waals surface area contributed by atoms with Crippen LogP contribution in [0.2, 0.25) is 0 Å². The van der Waals surface area contributed by atoms with Gasteiger partial charge in [0.1, 0.15) is 26.4 Å². The molecule has 3 saturated carbocycles. The quantitative estimate of drug-likeness (QED) is 0.0869. The molecule has 3 aliphatic carbocycles. The first-order valence-electron chi connectivity index (χ1n) is 16.4. The molecule has 0 aromatic heterocycles. The van der Waals surface area contributed by atoms with Crippen molar-refractivity contribution in [2.24, 2.45) is 35.5 Å². The Labute approximate surface area is 271 Å². The van der Waals surface area contributed by atoms with Crippen molar-refractivity contribution in [1.29, 1.82) is 0 Å². The molecule has 0 aromatic rings. The molecule has 2 amide bonds.